The number of aliphatic imine (C=N–C) groups is 1. The van der Waals surface area contributed by atoms with Crippen LogP contribution in [-0.4, -0.2) is 55.8 Å². The van der Waals surface area contributed by atoms with Crippen LogP contribution in [-0.2, 0) is 11.2 Å². The Balaban J connectivity index is 0.00000576. The average molecular weight is 482 g/mol. The van der Waals surface area contributed by atoms with Gasteiger partial charge >= 0.3 is 6.09 Å². The number of nitrogens with one attached hydrogen (secondary N) is 2. The minimum absolute atomic E-state index is 0. The molecule has 0 aliphatic rings. The maximum Gasteiger partial charge on any atom is 0.410 e. The van der Waals surface area contributed by atoms with Crippen LogP contribution in [0.4, 0.5) is 4.79 Å². The van der Waals surface area contributed by atoms with Crippen molar-refractivity contribution in [2.45, 2.75) is 39.7 Å². The molecule has 0 unspecified atom stereocenters. The Morgan fingerprint density at radius 3 is 2.52 bits per heavy atom. The molecule has 0 aromatic carbocycles. The van der Waals surface area contributed by atoms with E-state index in [1.165, 1.54) is 4.88 Å². The molecule has 1 aromatic heterocycles. The van der Waals surface area contributed by atoms with Crippen LogP contribution >= 0.6 is 35.3 Å². The summed E-state index contributed by atoms with van der Waals surface area (Å²) in [5.74, 6) is 0.742. The van der Waals surface area contributed by atoms with Gasteiger partial charge in [0.25, 0.3) is 0 Å². The second-order valence-corrected chi connectivity index (χ2v) is 7.35. The van der Waals surface area contributed by atoms with Gasteiger partial charge in [0.2, 0.25) is 0 Å². The second-order valence-electron chi connectivity index (χ2n) is 6.32. The summed E-state index contributed by atoms with van der Waals surface area (Å²) in [6.07, 6.45) is 0.685. The number of ether oxygens (including phenoxy) is 1. The molecule has 1 heterocycles. The largest absolute Gasteiger partial charge is 0.444 e. The molecule has 1 amide bonds. The molecule has 25 heavy (non-hydrogen) atoms. The lowest BCUT2D eigenvalue weighted by Gasteiger charge is -2.26. The van der Waals surface area contributed by atoms with Crippen LogP contribution in [0.2, 0.25) is 0 Å². The highest BCUT2D eigenvalue weighted by Gasteiger charge is 2.20. The highest BCUT2D eigenvalue weighted by atomic mass is 127. The van der Waals surface area contributed by atoms with Crippen LogP contribution in [0.5, 0.6) is 0 Å². The van der Waals surface area contributed by atoms with Crippen molar-refractivity contribution in [2.75, 3.05) is 33.2 Å². The van der Waals surface area contributed by atoms with Crippen molar-refractivity contribution in [3.05, 3.63) is 22.4 Å². The van der Waals surface area contributed by atoms with Gasteiger partial charge in [0.1, 0.15) is 5.60 Å². The van der Waals surface area contributed by atoms with Crippen LogP contribution < -0.4 is 10.6 Å². The lowest BCUT2D eigenvalue weighted by atomic mass is 10.2. The van der Waals surface area contributed by atoms with Gasteiger partial charge in [0.15, 0.2) is 5.96 Å². The Morgan fingerprint density at radius 2 is 2.00 bits per heavy atom. The van der Waals surface area contributed by atoms with Gasteiger partial charge in [-0.2, -0.15) is 0 Å². The summed E-state index contributed by atoms with van der Waals surface area (Å²) in [7, 11) is 1.74. The van der Waals surface area contributed by atoms with Crippen molar-refractivity contribution in [1.82, 2.24) is 15.5 Å². The summed E-state index contributed by atoms with van der Waals surface area (Å²) in [5.41, 5.74) is -0.475. The van der Waals surface area contributed by atoms with Crippen molar-refractivity contribution < 1.29 is 9.53 Å². The van der Waals surface area contributed by atoms with Crippen molar-refractivity contribution in [1.29, 1.82) is 0 Å². The Bertz CT molecular complexity index is 515. The molecule has 0 atom stereocenters. The van der Waals surface area contributed by atoms with Crippen LogP contribution in [0.25, 0.3) is 0 Å². The maximum atomic E-state index is 12.1. The van der Waals surface area contributed by atoms with E-state index in [0.717, 1.165) is 18.9 Å². The van der Waals surface area contributed by atoms with Gasteiger partial charge in [-0.1, -0.05) is 6.07 Å². The fourth-order valence-electron chi connectivity index (χ4n) is 1.99. The first-order valence-electron chi connectivity index (χ1n) is 8.30. The number of likely N-dealkylation sites (N-methyl/N-ethyl adjacent to an activating group) is 1. The monoisotopic (exact) mass is 482 g/mol. The topological polar surface area (TPSA) is 66.0 Å². The molecule has 8 heteroatoms. The standard InChI is InChI=1S/C17H30N4O2S.HI/c1-6-21(16(22)23-17(2,3)4)12-11-20-15(18-5)19-10-9-14-8-7-13-24-14;/h7-8,13H,6,9-12H2,1-5H3,(H2,18,19,20);1H. The molecule has 1 aromatic rings. The van der Waals surface area contributed by atoms with E-state index in [9.17, 15) is 4.79 Å². The number of amides is 1. The molecule has 1 rings (SSSR count). The number of carbonyl (C=O) groups is 1. The fraction of sp³-hybridized carbons (Fsp3) is 0.647. The second kappa shape index (κ2) is 12.3. The van der Waals surface area contributed by atoms with Crippen molar-refractivity contribution in [2.24, 2.45) is 4.99 Å². The molecule has 0 fully saturated rings. The lowest BCUT2D eigenvalue weighted by molar-refractivity contribution is 0.0264. The van der Waals surface area contributed by atoms with Gasteiger partial charge in [0, 0.05) is 38.1 Å². The molecule has 144 valence electrons. The van der Waals surface area contributed by atoms with E-state index in [0.29, 0.717) is 19.6 Å². The number of rotatable bonds is 7. The Morgan fingerprint density at radius 1 is 1.32 bits per heavy atom. The van der Waals surface area contributed by atoms with E-state index in [2.05, 4.69) is 33.1 Å². The summed E-state index contributed by atoms with van der Waals surface area (Å²) >= 11 is 1.76. The van der Waals surface area contributed by atoms with Gasteiger partial charge in [-0.3, -0.25) is 4.99 Å². The lowest BCUT2D eigenvalue weighted by Crippen LogP contribution is -2.44. The Labute approximate surface area is 172 Å². The minimum Gasteiger partial charge on any atom is -0.444 e. The number of guanidine groups is 1. The summed E-state index contributed by atoms with van der Waals surface area (Å²) in [4.78, 5) is 19.3. The third-order valence-corrected chi connectivity index (χ3v) is 4.11. The SMILES string of the molecule is CCN(CCNC(=NC)NCCc1cccs1)C(=O)OC(C)(C)C.I. The van der Waals surface area contributed by atoms with Crippen molar-refractivity contribution >= 4 is 47.4 Å². The molecule has 0 saturated heterocycles. The first-order chi connectivity index (χ1) is 11.4. The van der Waals surface area contributed by atoms with E-state index in [4.69, 9.17) is 4.74 Å². The van der Waals surface area contributed by atoms with E-state index in [1.54, 1.807) is 23.3 Å². The van der Waals surface area contributed by atoms with Gasteiger partial charge < -0.3 is 20.3 Å². The Kier molecular flexibility index (Phi) is 11.8. The van der Waals surface area contributed by atoms with Gasteiger partial charge in [-0.25, -0.2) is 4.79 Å². The molecule has 0 bridgehead atoms. The average Bonchev–Trinajstić information content (AvgIpc) is 3.01. The molecule has 2 N–H and O–H groups in total. The molecular weight excluding hydrogens is 451 g/mol. The Hall–Kier alpha value is -1.03. The number of hydrogen-bond donors (Lipinski definition) is 2. The fourth-order valence-corrected chi connectivity index (χ4v) is 2.70. The predicted molar refractivity (Wildman–Crippen MR) is 116 cm³/mol. The van der Waals surface area contributed by atoms with Crippen LogP contribution in [0.15, 0.2) is 22.5 Å². The number of halogens is 1. The third-order valence-electron chi connectivity index (χ3n) is 3.18. The minimum atomic E-state index is -0.475. The molecule has 6 nitrogen and oxygen atoms in total. The van der Waals surface area contributed by atoms with Crippen LogP contribution in [0, 0.1) is 0 Å². The number of carbonyl (C=O) groups excluding carboxylic acids is 1. The molecule has 0 radical (unpaired) electrons. The summed E-state index contributed by atoms with van der Waals surface area (Å²) < 4.78 is 5.40. The molecule has 0 spiro atoms. The highest BCUT2D eigenvalue weighted by molar-refractivity contribution is 14.0. The van der Waals surface area contributed by atoms with Gasteiger partial charge in [-0.15, -0.1) is 35.3 Å². The van der Waals surface area contributed by atoms with Gasteiger partial charge in [0.05, 0.1) is 0 Å². The summed E-state index contributed by atoms with van der Waals surface area (Å²) in [6.45, 7) is 10.2. The van der Waals surface area contributed by atoms with Gasteiger partial charge in [-0.05, 0) is 45.6 Å². The van der Waals surface area contributed by atoms with E-state index >= 15 is 0 Å². The summed E-state index contributed by atoms with van der Waals surface area (Å²) in [6, 6.07) is 4.19. The predicted octanol–water partition coefficient (Wildman–Crippen LogP) is 3.33. The molecule has 0 saturated carbocycles. The first kappa shape index (κ1) is 24.0. The normalized spacial score (nSPS) is 11.5. The molecular formula is C17H31IN4O2S. The zero-order valence-electron chi connectivity index (χ0n) is 15.8. The maximum absolute atomic E-state index is 12.1. The summed E-state index contributed by atoms with van der Waals surface area (Å²) in [5, 5.41) is 8.58. The zero-order chi connectivity index (χ0) is 18.0. The van der Waals surface area contributed by atoms with Crippen LogP contribution in [0.3, 0.4) is 0 Å². The number of hydrogen-bond acceptors (Lipinski definition) is 4. The molecule has 0 aliphatic heterocycles. The van der Waals surface area contributed by atoms with E-state index in [1.807, 2.05) is 27.7 Å². The quantitative estimate of drug-likeness (QED) is 0.356. The number of thiophene rings is 1. The smallest absolute Gasteiger partial charge is 0.410 e. The zero-order valence-corrected chi connectivity index (χ0v) is 18.9. The van der Waals surface area contributed by atoms with E-state index < -0.39 is 5.60 Å². The molecule has 0 aliphatic carbocycles. The first-order valence-corrected chi connectivity index (χ1v) is 9.18. The number of nitrogens with zero attached hydrogens (tertiary/aromatic N) is 2. The highest BCUT2D eigenvalue weighted by Crippen LogP contribution is 2.09. The van der Waals surface area contributed by atoms with E-state index in [-0.39, 0.29) is 30.1 Å². The van der Waals surface area contributed by atoms with Crippen LogP contribution in [0.1, 0.15) is 32.6 Å². The van der Waals surface area contributed by atoms with Crippen molar-refractivity contribution in [3.8, 4) is 0 Å². The third kappa shape index (κ3) is 10.5. The van der Waals surface area contributed by atoms with Crippen molar-refractivity contribution in [3.63, 3.8) is 0 Å².